The van der Waals surface area contributed by atoms with E-state index in [1.54, 1.807) is 6.21 Å². The minimum atomic E-state index is -0.215. The van der Waals surface area contributed by atoms with Gasteiger partial charge < -0.3 is 4.90 Å². The molecule has 126 valence electrons. The van der Waals surface area contributed by atoms with Crippen molar-refractivity contribution in [3.05, 3.63) is 58.6 Å². The number of hydrogen-bond acceptors (Lipinski definition) is 4. The van der Waals surface area contributed by atoms with Gasteiger partial charge in [-0.15, -0.1) is 11.8 Å². The Morgan fingerprint density at radius 2 is 1.96 bits per heavy atom. The summed E-state index contributed by atoms with van der Waals surface area (Å²) in [6.07, 6.45) is 1.64. The third kappa shape index (κ3) is 5.39. The molecule has 6 heteroatoms. The Labute approximate surface area is 155 Å². The average Bonchev–Trinajstić information content (AvgIpc) is 2.55. The minimum absolute atomic E-state index is 0.121. The maximum atomic E-state index is 12.1. The Hall–Kier alpha value is -1.79. The van der Waals surface area contributed by atoms with Crippen molar-refractivity contribution in [1.29, 1.82) is 0 Å². The van der Waals surface area contributed by atoms with Crippen molar-refractivity contribution in [3.63, 3.8) is 0 Å². The van der Waals surface area contributed by atoms with E-state index in [-0.39, 0.29) is 11.2 Å². The van der Waals surface area contributed by atoms with E-state index in [1.807, 2.05) is 74.4 Å². The molecule has 0 radical (unpaired) electrons. The van der Waals surface area contributed by atoms with Crippen molar-refractivity contribution in [3.8, 4) is 0 Å². The largest absolute Gasteiger partial charge is 0.377 e. The summed E-state index contributed by atoms with van der Waals surface area (Å²) in [6.45, 7) is 1.87. The molecule has 24 heavy (non-hydrogen) atoms. The van der Waals surface area contributed by atoms with E-state index in [1.165, 1.54) is 11.8 Å². The molecule has 1 unspecified atom stereocenters. The molecule has 2 aromatic carbocycles. The number of halogens is 1. The molecule has 0 aliphatic heterocycles. The van der Waals surface area contributed by atoms with Crippen molar-refractivity contribution >= 4 is 45.5 Å². The van der Waals surface area contributed by atoms with Crippen molar-refractivity contribution in [1.82, 2.24) is 5.43 Å². The van der Waals surface area contributed by atoms with E-state index < -0.39 is 0 Å². The van der Waals surface area contributed by atoms with Gasteiger partial charge in [0.2, 0.25) is 0 Å². The molecule has 0 heterocycles. The molecule has 1 N–H and O–H groups in total. The normalized spacial score (nSPS) is 12.2. The van der Waals surface area contributed by atoms with E-state index in [0.717, 1.165) is 20.6 Å². The topological polar surface area (TPSA) is 44.7 Å². The van der Waals surface area contributed by atoms with Crippen LogP contribution >= 0.6 is 27.7 Å². The lowest BCUT2D eigenvalue weighted by atomic mass is 10.2. The van der Waals surface area contributed by atoms with Gasteiger partial charge in [0.05, 0.1) is 17.2 Å². The van der Waals surface area contributed by atoms with Crippen LogP contribution in [0.4, 0.5) is 5.69 Å². The molecule has 0 aliphatic rings. The first-order valence-corrected chi connectivity index (χ1v) is 9.16. The molecule has 1 atom stereocenters. The molecule has 1 amide bonds. The first-order valence-electron chi connectivity index (χ1n) is 7.49. The molecule has 2 rings (SSSR count). The quantitative estimate of drug-likeness (QED) is 0.446. The van der Waals surface area contributed by atoms with Crippen LogP contribution in [0, 0.1) is 0 Å². The lowest BCUT2D eigenvalue weighted by Crippen LogP contribution is -2.26. The fourth-order valence-electron chi connectivity index (χ4n) is 1.98. The van der Waals surface area contributed by atoms with Crippen LogP contribution < -0.4 is 10.3 Å². The fourth-order valence-corrected chi connectivity index (χ4v) is 3.62. The highest BCUT2D eigenvalue weighted by Gasteiger charge is 2.13. The van der Waals surface area contributed by atoms with Gasteiger partial charge in [0.15, 0.2) is 0 Å². The Balaban J connectivity index is 1.91. The van der Waals surface area contributed by atoms with Crippen molar-refractivity contribution in [2.75, 3.05) is 19.0 Å². The second kappa shape index (κ2) is 8.89. The Bertz CT molecular complexity index is 719. The van der Waals surface area contributed by atoms with Crippen LogP contribution in [0.1, 0.15) is 12.5 Å². The third-order valence-electron chi connectivity index (χ3n) is 3.27. The highest BCUT2D eigenvalue weighted by atomic mass is 79.9. The number of nitrogens with zero attached hydrogens (tertiary/aromatic N) is 2. The Kier molecular flexibility index (Phi) is 6.87. The van der Waals surface area contributed by atoms with Gasteiger partial charge in [0, 0.05) is 23.5 Å². The van der Waals surface area contributed by atoms with Gasteiger partial charge in [-0.25, -0.2) is 5.43 Å². The van der Waals surface area contributed by atoms with E-state index in [0.29, 0.717) is 0 Å². The van der Waals surface area contributed by atoms with Crippen molar-refractivity contribution < 1.29 is 4.79 Å². The number of anilines is 1. The molecule has 4 nitrogen and oxygen atoms in total. The summed E-state index contributed by atoms with van der Waals surface area (Å²) in [5.41, 5.74) is 4.59. The summed E-state index contributed by atoms with van der Waals surface area (Å²) >= 11 is 5.04. The first kappa shape index (κ1) is 18.5. The van der Waals surface area contributed by atoms with Crippen molar-refractivity contribution in [2.45, 2.75) is 17.1 Å². The van der Waals surface area contributed by atoms with Crippen molar-refractivity contribution in [2.24, 2.45) is 5.10 Å². The molecule has 0 fully saturated rings. The van der Waals surface area contributed by atoms with Crippen LogP contribution in [0.15, 0.2) is 63.0 Å². The van der Waals surface area contributed by atoms with Crippen LogP contribution in [0.25, 0.3) is 0 Å². The lowest BCUT2D eigenvalue weighted by molar-refractivity contribution is -0.120. The number of benzene rings is 2. The zero-order valence-corrected chi connectivity index (χ0v) is 16.3. The average molecular weight is 406 g/mol. The standard InChI is InChI=1S/C18H20BrN3OS/c1-13(24-15-7-5-4-6-8-15)18(23)21-20-12-14-9-10-17(22(2)3)16(19)11-14/h4-13H,1-3H3,(H,21,23)/b20-12+. The Morgan fingerprint density at radius 3 is 2.58 bits per heavy atom. The minimum Gasteiger partial charge on any atom is -0.377 e. The Morgan fingerprint density at radius 1 is 1.25 bits per heavy atom. The van der Waals surface area contributed by atoms with E-state index in [4.69, 9.17) is 0 Å². The number of hydrazone groups is 1. The van der Waals surface area contributed by atoms with Gasteiger partial charge in [0.25, 0.3) is 5.91 Å². The fraction of sp³-hybridized carbons (Fsp3) is 0.222. The summed E-state index contributed by atoms with van der Waals surface area (Å²) in [4.78, 5) is 15.2. The summed E-state index contributed by atoms with van der Waals surface area (Å²) in [7, 11) is 3.97. The molecule has 2 aromatic rings. The SMILES string of the molecule is CC(Sc1ccccc1)C(=O)N/N=C/c1ccc(N(C)C)c(Br)c1. The molecular weight excluding hydrogens is 386 g/mol. The van der Waals surface area contributed by atoms with Gasteiger partial charge in [0.1, 0.15) is 0 Å². The zero-order valence-electron chi connectivity index (χ0n) is 13.9. The molecule has 0 aromatic heterocycles. The summed E-state index contributed by atoms with van der Waals surface area (Å²) < 4.78 is 0.982. The second-order valence-electron chi connectivity index (χ2n) is 5.41. The molecular formula is C18H20BrN3OS. The zero-order chi connectivity index (χ0) is 17.5. The maximum Gasteiger partial charge on any atom is 0.253 e. The van der Waals surface area contributed by atoms with Crippen LogP contribution in [0.2, 0.25) is 0 Å². The number of nitrogens with one attached hydrogen (secondary N) is 1. The van der Waals surface area contributed by atoms with Crippen LogP contribution in [0.5, 0.6) is 0 Å². The number of carbonyl (C=O) groups is 1. The summed E-state index contributed by atoms with van der Waals surface area (Å²) in [5.74, 6) is -0.121. The monoisotopic (exact) mass is 405 g/mol. The van der Waals surface area contributed by atoms with E-state index in [2.05, 4.69) is 26.5 Å². The van der Waals surface area contributed by atoms with E-state index >= 15 is 0 Å². The first-order chi connectivity index (χ1) is 11.5. The number of amides is 1. The van der Waals surface area contributed by atoms with Gasteiger partial charge in [-0.1, -0.05) is 24.3 Å². The summed E-state index contributed by atoms with van der Waals surface area (Å²) in [5, 5.41) is 3.83. The second-order valence-corrected chi connectivity index (χ2v) is 7.68. The van der Waals surface area contributed by atoms with Crippen LogP contribution in [0.3, 0.4) is 0 Å². The number of carbonyl (C=O) groups excluding carboxylic acids is 1. The van der Waals surface area contributed by atoms with Gasteiger partial charge in [-0.05, 0) is 52.7 Å². The molecule has 0 aliphatic carbocycles. The predicted molar refractivity (Wildman–Crippen MR) is 106 cm³/mol. The highest BCUT2D eigenvalue weighted by molar-refractivity contribution is 9.10. The number of rotatable bonds is 6. The van der Waals surface area contributed by atoms with Crippen LogP contribution in [-0.2, 0) is 4.79 Å². The van der Waals surface area contributed by atoms with E-state index in [9.17, 15) is 4.79 Å². The maximum absolute atomic E-state index is 12.1. The number of hydrogen-bond donors (Lipinski definition) is 1. The lowest BCUT2D eigenvalue weighted by Gasteiger charge is -2.14. The highest BCUT2D eigenvalue weighted by Crippen LogP contribution is 2.25. The predicted octanol–water partition coefficient (Wildman–Crippen LogP) is 4.15. The summed E-state index contributed by atoms with van der Waals surface area (Å²) in [6, 6.07) is 15.8. The smallest absolute Gasteiger partial charge is 0.253 e. The molecule has 0 bridgehead atoms. The molecule has 0 saturated carbocycles. The third-order valence-corrected chi connectivity index (χ3v) is 5.01. The van der Waals surface area contributed by atoms with Gasteiger partial charge in [-0.2, -0.15) is 5.10 Å². The van der Waals surface area contributed by atoms with Gasteiger partial charge in [-0.3, -0.25) is 4.79 Å². The number of thioether (sulfide) groups is 1. The molecule has 0 spiro atoms. The molecule has 0 saturated heterocycles. The van der Waals surface area contributed by atoms with Gasteiger partial charge >= 0.3 is 0 Å². The van der Waals surface area contributed by atoms with Crippen LogP contribution in [-0.4, -0.2) is 31.5 Å².